The summed E-state index contributed by atoms with van der Waals surface area (Å²) >= 11 is 1.71. The Hall–Kier alpha value is -0.970. The molecule has 102 valence electrons. The molecule has 0 unspecified atom stereocenters. The van der Waals surface area contributed by atoms with E-state index in [0.29, 0.717) is 6.04 Å². The van der Waals surface area contributed by atoms with Crippen LogP contribution in [0.15, 0.2) is 18.2 Å². The Morgan fingerprint density at radius 3 is 2.89 bits per heavy atom. The number of benzene rings is 1. The number of thiophene rings is 1. The average Bonchev–Trinajstić information content (AvgIpc) is 3.16. The predicted molar refractivity (Wildman–Crippen MR) is 79.0 cm³/mol. The summed E-state index contributed by atoms with van der Waals surface area (Å²) in [5.74, 6) is -0.0877. The smallest absolute Gasteiger partial charge is 0.132 e. The molecule has 0 radical (unpaired) electrons. The Morgan fingerprint density at radius 1 is 1.42 bits per heavy atom. The fourth-order valence-corrected chi connectivity index (χ4v) is 3.82. The third-order valence-electron chi connectivity index (χ3n) is 3.76. The van der Waals surface area contributed by atoms with E-state index in [1.807, 2.05) is 13.1 Å². The van der Waals surface area contributed by atoms with E-state index < -0.39 is 0 Å². The van der Waals surface area contributed by atoms with Crippen LogP contribution in [-0.2, 0) is 13.1 Å². The van der Waals surface area contributed by atoms with E-state index in [0.717, 1.165) is 23.2 Å². The van der Waals surface area contributed by atoms with E-state index in [4.69, 9.17) is 0 Å². The van der Waals surface area contributed by atoms with Gasteiger partial charge in [-0.2, -0.15) is 0 Å². The molecule has 0 spiro atoms. The van der Waals surface area contributed by atoms with Crippen LogP contribution in [0.2, 0.25) is 0 Å². The molecule has 0 amide bonds. The minimum atomic E-state index is -0.0877. The molecule has 19 heavy (non-hydrogen) atoms. The first kappa shape index (κ1) is 13.0. The van der Waals surface area contributed by atoms with E-state index in [-0.39, 0.29) is 5.82 Å². The number of hydrogen-bond acceptors (Lipinski definition) is 3. The highest BCUT2D eigenvalue weighted by Gasteiger charge is 2.27. The number of nitrogens with one attached hydrogen (secondary N) is 1. The van der Waals surface area contributed by atoms with Crippen molar-refractivity contribution in [2.24, 2.45) is 0 Å². The summed E-state index contributed by atoms with van der Waals surface area (Å²) in [5, 5.41) is 4.02. The normalized spacial score (nSPS) is 15.6. The van der Waals surface area contributed by atoms with Crippen molar-refractivity contribution in [2.75, 3.05) is 14.1 Å². The second kappa shape index (κ2) is 5.19. The van der Waals surface area contributed by atoms with E-state index in [9.17, 15) is 4.39 Å². The Balaban J connectivity index is 2.04. The monoisotopic (exact) mass is 278 g/mol. The highest BCUT2D eigenvalue weighted by molar-refractivity contribution is 7.19. The number of hydrogen-bond donors (Lipinski definition) is 1. The summed E-state index contributed by atoms with van der Waals surface area (Å²) in [7, 11) is 4.08. The quantitative estimate of drug-likeness (QED) is 0.902. The standard InChI is InChI=1S/C15H19FN2S/c1-17-8-14-11(9-18(2)10-6-7-10)15-12(16)4-3-5-13(15)19-14/h3-5,10,17H,6-9H2,1-2H3. The van der Waals surface area contributed by atoms with Crippen LogP contribution in [0.4, 0.5) is 4.39 Å². The molecule has 1 heterocycles. The molecule has 1 N–H and O–H groups in total. The Kier molecular flexibility index (Phi) is 3.56. The SMILES string of the molecule is CNCc1sc2cccc(F)c2c1CN(C)C1CC1. The number of fused-ring (bicyclic) bond motifs is 1. The molecule has 2 nitrogen and oxygen atoms in total. The van der Waals surface area contributed by atoms with Gasteiger partial charge in [0, 0.05) is 34.1 Å². The zero-order valence-electron chi connectivity index (χ0n) is 11.4. The van der Waals surface area contributed by atoms with Crippen LogP contribution in [0.3, 0.4) is 0 Å². The lowest BCUT2D eigenvalue weighted by atomic mass is 10.1. The van der Waals surface area contributed by atoms with Crippen molar-refractivity contribution in [3.8, 4) is 0 Å². The molecular formula is C15H19FN2S. The Labute approximate surface area is 117 Å². The van der Waals surface area contributed by atoms with Crippen molar-refractivity contribution < 1.29 is 4.39 Å². The van der Waals surface area contributed by atoms with Gasteiger partial charge < -0.3 is 5.32 Å². The third kappa shape index (κ3) is 2.53. The molecule has 2 aromatic rings. The minimum absolute atomic E-state index is 0.0877. The van der Waals surface area contributed by atoms with Gasteiger partial charge in [0.25, 0.3) is 0 Å². The van der Waals surface area contributed by atoms with Gasteiger partial charge in [-0.3, -0.25) is 4.90 Å². The van der Waals surface area contributed by atoms with Gasteiger partial charge in [0.1, 0.15) is 5.82 Å². The largest absolute Gasteiger partial charge is 0.315 e. The topological polar surface area (TPSA) is 15.3 Å². The maximum absolute atomic E-state index is 14.1. The van der Waals surface area contributed by atoms with Crippen molar-refractivity contribution in [2.45, 2.75) is 32.0 Å². The molecular weight excluding hydrogens is 259 g/mol. The summed E-state index contributed by atoms with van der Waals surface area (Å²) in [6.07, 6.45) is 2.56. The summed E-state index contributed by atoms with van der Waals surface area (Å²) in [5.41, 5.74) is 1.17. The van der Waals surface area contributed by atoms with Crippen molar-refractivity contribution in [1.82, 2.24) is 10.2 Å². The molecule has 1 fully saturated rings. The molecule has 0 bridgehead atoms. The van der Waals surface area contributed by atoms with Gasteiger partial charge >= 0.3 is 0 Å². The molecule has 1 aromatic heterocycles. The third-order valence-corrected chi connectivity index (χ3v) is 4.96. The van der Waals surface area contributed by atoms with Gasteiger partial charge in [-0.15, -0.1) is 11.3 Å². The van der Waals surface area contributed by atoms with Crippen LogP contribution in [0.1, 0.15) is 23.3 Å². The lowest BCUT2D eigenvalue weighted by Crippen LogP contribution is -2.21. The highest BCUT2D eigenvalue weighted by atomic mass is 32.1. The van der Waals surface area contributed by atoms with Crippen LogP contribution in [0, 0.1) is 5.82 Å². The van der Waals surface area contributed by atoms with Crippen LogP contribution >= 0.6 is 11.3 Å². The zero-order chi connectivity index (χ0) is 13.4. The van der Waals surface area contributed by atoms with E-state index in [1.54, 1.807) is 23.5 Å². The summed E-state index contributed by atoms with van der Waals surface area (Å²) < 4.78 is 15.2. The first-order valence-corrected chi connectivity index (χ1v) is 7.56. The van der Waals surface area contributed by atoms with Crippen molar-refractivity contribution in [1.29, 1.82) is 0 Å². The Morgan fingerprint density at radius 2 is 2.21 bits per heavy atom. The highest BCUT2D eigenvalue weighted by Crippen LogP contribution is 2.36. The molecule has 0 saturated heterocycles. The average molecular weight is 278 g/mol. The van der Waals surface area contributed by atoms with E-state index >= 15 is 0 Å². The van der Waals surface area contributed by atoms with Crippen molar-refractivity contribution in [3.63, 3.8) is 0 Å². The van der Waals surface area contributed by atoms with Gasteiger partial charge in [-0.1, -0.05) is 6.07 Å². The molecule has 4 heteroatoms. The molecule has 0 atom stereocenters. The van der Waals surface area contributed by atoms with Gasteiger partial charge in [0.05, 0.1) is 0 Å². The van der Waals surface area contributed by atoms with Crippen LogP contribution in [-0.4, -0.2) is 25.0 Å². The maximum atomic E-state index is 14.1. The van der Waals surface area contributed by atoms with Gasteiger partial charge in [0.15, 0.2) is 0 Å². The van der Waals surface area contributed by atoms with Gasteiger partial charge in [-0.05, 0) is 44.6 Å². The second-order valence-electron chi connectivity index (χ2n) is 5.29. The fourth-order valence-electron chi connectivity index (χ4n) is 2.58. The zero-order valence-corrected chi connectivity index (χ0v) is 12.2. The molecule has 1 saturated carbocycles. The number of rotatable bonds is 5. The molecule has 3 rings (SSSR count). The molecule has 1 aliphatic rings. The van der Waals surface area contributed by atoms with Gasteiger partial charge in [0.2, 0.25) is 0 Å². The van der Waals surface area contributed by atoms with Crippen molar-refractivity contribution >= 4 is 21.4 Å². The van der Waals surface area contributed by atoms with E-state index in [2.05, 4.69) is 17.3 Å². The lowest BCUT2D eigenvalue weighted by Gasteiger charge is -2.16. The number of nitrogens with zero attached hydrogens (tertiary/aromatic N) is 1. The number of halogens is 1. The molecule has 1 aromatic carbocycles. The summed E-state index contributed by atoms with van der Waals surface area (Å²) in [6.45, 7) is 1.66. The first-order chi connectivity index (χ1) is 9.20. The second-order valence-corrected chi connectivity index (χ2v) is 6.43. The first-order valence-electron chi connectivity index (χ1n) is 6.74. The van der Waals surface area contributed by atoms with Crippen LogP contribution in [0.5, 0.6) is 0 Å². The van der Waals surface area contributed by atoms with Gasteiger partial charge in [-0.25, -0.2) is 4.39 Å². The summed E-state index contributed by atoms with van der Waals surface area (Å²) in [6, 6.07) is 6.08. The lowest BCUT2D eigenvalue weighted by molar-refractivity contribution is 0.316. The summed E-state index contributed by atoms with van der Waals surface area (Å²) in [4.78, 5) is 3.61. The van der Waals surface area contributed by atoms with Crippen molar-refractivity contribution in [3.05, 3.63) is 34.5 Å². The Bertz CT molecular complexity index is 589. The minimum Gasteiger partial charge on any atom is -0.315 e. The maximum Gasteiger partial charge on any atom is 0.132 e. The van der Waals surface area contributed by atoms with Crippen LogP contribution < -0.4 is 5.32 Å². The van der Waals surface area contributed by atoms with Crippen LogP contribution in [0.25, 0.3) is 10.1 Å². The molecule has 1 aliphatic carbocycles. The fraction of sp³-hybridized carbons (Fsp3) is 0.467. The van der Waals surface area contributed by atoms with E-state index in [1.165, 1.54) is 23.3 Å². The predicted octanol–water partition coefficient (Wildman–Crippen LogP) is 3.35. The molecule has 0 aliphatic heterocycles.